The van der Waals surface area contributed by atoms with Crippen LogP contribution in [0.3, 0.4) is 0 Å². The van der Waals surface area contributed by atoms with Crippen molar-refractivity contribution in [3.63, 3.8) is 0 Å². The highest BCUT2D eigenvalue weighted by Crippen LogP contribution is 2.19. The third kappa shape index (κ3) is 5.26. The van der Waals surface area contributed by atoms with E-state index >= 15 is 0 Å². The van der Waals surface area contributed by atoms with Crippen LogP contribution in [0.4, 0.5) is 4.39 Å². The Balaban J connectivity index is 2.54. The molecule has 3 N–H and O–H groups in total. The molecule has 0 saturated carbocycles. The van der Waals surface area contributed by atoms with Crippen molar-refractivity contribution in [3.8, 4) is 5.75 Å². The van der Waals surface area contributed by atoms with Gasteiger partial charge >= 0.3 is 0 Å². The molecule has 4 nitrogen and oxygen atoms in total. The van der Waals surface area contributed by atoms with Gasteiger partial charge < -0.3 is 15.8 Å². The summed E-state index contributed by atoms with van der Waals surface area (Å²) in [4.78, 5) is 10.8. The largest absolute Gasteiger partial charge is 0.490 e. The number of halogens is 1. The molecule has 0 aromatic heterocycles. The SMILES string of the molecule is CCCNCc1ccc(OCC(C)C(N)=O)c(F)c1. The molecule has 0 radical (unpaired) electrons. The maximum Gasteiger partial charge on any atom is 0.223 e. The van der Waals surface area contributed by atoms with Crippen LogP contribution >= 0.6 is 0 Å². The molecule has 106 valence electrons. The number of benzene rings is 1. The number of ether oxygens (including phenoxy) is 1. The van der Waals surface area contributed by atoms with E-state index in [0.717, 1.165) is 18.5 Å². The van der Waals surface area contributed by atoms with Crippen molar-refractivity contribution in [2.75, 3.05) is 13.2 Å². The van der Waals surface area contributed by atoms with Crippen molar-refractivity contribution in [2.45, 2.75) is 26.8 Å². The lowest BCUT2D eigenvalue weighted by molar-refractivity contribution is -0.122. The Labute approximate surface area is 113 Å². The van der Waals surface area contributed by atoms with E-state index in [1.807, 2.05) is 0 Å². The molecular weight excluding hydrogens is 247 g/mol. The van der Waals surface area contributed by atoms with E-state index in [1.54, 1.807) is 19.1 Å². The number of carbonyl (C=O) groups excluding carboxylic acids is 1. The summed E-state index contributed by atoms with van der Waals surface area (Å²) in [7, 11) is 0. The highest BCUT2D eigenvalue weighted by molar-refractivity contribution is 5.76. The predicted molar refractivity (Wildman–Crippen MR) is 72.3 cm³/mol. The molecule has 1 aromatic rings. The molecule has 1 aromatic carbocycles. The Hall–Kier alpha value is -1.62. The van der Waals surface area contributed by atoms with Crippen LogP contribution in [-0.4, -0.2) is 19.1 Å². The van der Waals surface area contributed by atoms with Crippen LogP contribution in [0.2, 0.25) is 0 Å². The Bertz CT molecular complexity index is 424. The van der Waals surface area contributed by atoms with Crippen LogP contribution in [0.25, 0.3) is 0 Å². The second-order valence-electron chi connectivity index (χ2n) is 4.56. The van der Waals surface area contributed by atoms with Gasteiger partial charge in [0.25, 0.3) is 0 Å². The monoisotopic (exact) mass is 268 g/mol. The molecule has 1 unspecified atom stereocenters. The summed E-state index contributed by atoms with van der Waals surface area (Å²) in [5.41, 5.74) is 5.97. The van der Waals surface area contributed by atoms with Crippen LogP contribution in [0, 0.1) is 11.7 Å². The molecular formula is C14H21FN2O2. The summed E-state index contributed by atoms with van der Waals surface area (Å²) in [6, 6.07) is 4.81. The summed E-state index contributed by atoms with van der Waals surface area (Å²) in [6.45, 7) is 5.33. The van der Waals surface area contributed by atoms with Crippen LogP contribution in [0.1, 0.15) is 25.8 Å². The third-order valence-corrected chi connectivity index (χ3v) is 2.73. The average Bonchev–Trinajstić information content (AvgIpc) is 2.37. The number of primary amides is 1. The lowest BCUT2D eigenvalue weighted by Crippen LogP contribution is -2.26. The number of carbonyl (C=O) groups is 1. The minimum Gasteiger partial charge on any atom is -0.490 e. The highest BCUT2D eigenvalue weighted by Gasteiger charge is 2.11. The molecule has 0 bridgehead atoms. The fraction of sp³-hybridized carbons (Fsp3) is 0.500. The van der Waals surface area contributed by atoms with Gasteiger partial charge in [-0.1, -0.05) is 19.9 Å². The van der Waals surface area contributed by atoms with Crippen molar-refractivity contribution in [1.82, 2.24) is 5.32 Å². The molecule has 1 atom stereocenters. The van der Waals surface area contributed by atoms with Crippen LogP contribution in [0.15, 0.2) is 18.2 Å². The maximum atomic E-state index is 13.7. The number of hydrogen-bond donors (Lipinski definition) is 2. The number of nitrogens with two attached hydrogens (primary N) is 1. The minimum absolute atomic E-state index is 0.0830. The highest BCUT2D eigenvalue weighted by atomic mass is 19.1. The van der Waals surface area contributed by atoms with Crippen LogP contribution in [0.5, 0.6) is 5.75 Å². The summed E-state index contributed by atoms with van der Waals surface area (Å²) < 4.78 is 19.0. The lowest BCUT2D eigenvalue weighted by atomic mass is 10.2. The zero-order chi connectivity index (χ0) is 14.3. The standard InChI is InChI=1S/C14H21FN2O2/c1-3-6-17-8-11-4-5-13(12(15)7-11)19-9-10(2)14(16)18/h4-5,7,10,17H,3,6,8-9H2,1-2H3,(H2,16,18). The lowest BCUT2D eigenvalue weighted by Gasteiger charge is -2.11. The van der Waals surface area contributed by atoms with Crippen molar-refractivity contribution in [1.29, 1.82) is 0 Å². The van der Waals surface area contributed by atoms with Crippen LogP contribution in [-0.2, 0) is 11.3 Å². The molecule has 1 amide bonds. The summed E-state index contributed by atoms with van der Waals surface area (Å²) in [5, 5.41) is 3.19. The van der Waals surface area contributed by atoms with Crippen molar-refractivity contribution in [3.05, 3.63) is 29.6 Å². The molecule has 1 rings (SSSR count). The van der Waals surface area contributed by atoms with E-state index in [1.165, 1.54) is 6.07 Å². The molecule has 0 spiro atoms. The van der Waals surface area contributed by atoms with Gasteiger partial charge in [-0.05, 0) is 30.7 Å². The third-order valence-electron chi connectivity index (χ3n) is 2.73. The van der Waals surface area contributed by atoms with E-state index in [4.69, 9.17) is 10.5 Å². The van der Waals surface area contributed by atoms with Gasteiger partial charge in [0.15, 0.2) is 11.6 Å². The van der Waals surface area contributed by atoms with E-state index in [2.05, 4.69) is 12.2 Å². The predicted octanol–water partition coefficient (Wildman–Crippen LogP) is 1.83. The second kappa shape index (κ2) is 7.74. The molecule has 5 heteroatoms. The van der Waals surface area contributed by atoms with Crippen molar-refractivity contribution in [2.24, 2.45) is 11.7 Å². The van der Waals surface area contributed by atoms with Gasteiger partial charge in [0.2, 0.25) is 5.91 Å². The van der Waals surface area contributed by atoms with E-state index in [9.17, 15) is 9.18 Å². The zero-order valence-corrected chi connectivity index (χ0v) is 11.4. The van der Waals surface area contributed by atoms with Crippen molar-refractivity contribution < 1.29 is 13.9 Å². The number of hydrogen-bond acceptors (Lipinski definition) is 3. The first-order chi connectivity index (χ1) is 9.04. The first-order valence-electron chi connectivity index (χ1n) is 6.45. The van der Waals surface area contributed by atoms with Gasteiger partial charge in [0.05, 0.1) is 12.5 Å². The fourth-order valence-electron chi connectivity index (χ4n) is 1.48. The molecule has 0 aliphatic rings. The van der Waals surface area contributed by atoms with Crippen molar-refractivity contribution >= 4 is 5.91 Å². The van der Waals surface area contributed by atoms with Crippen LogP contribution < -0.4 is 15.8 Å². The quantitative estimate of drug-likeness (QED) is 0.707. The van der Waals surface area contributed by atoms with Gasteiger partial charge in [-0.3, -0.25) is 4.79 Å². The first-order valence-corrected chi connectivity index (χ1v) is 6.45. The summed E-state index contributed by atoms with van der Waals surface area (Å²) in [5.74, 6) is -1.18. The smallest absolute Gasteiger partial charge is 0.223 e. The Morgan fingerprint density at radius 2 is 2.26 bits per heavy atom. The normalized spacial score (nSPS) is 12.2. The van der Waals surface area contributed by atoms with E-state index in [-0.39, 0.29) is 12.4 Å². The zero-order valence-electron chi connectivity index (χ0n) is 11.4. The second-order valence-corrected chi connectivity index (χ2v) is 4.56. The number of amides is 1. The van der Waals surface area contributed by atoms with Gasteiger partial charge in [-0.25, -0.2) is 4.39 Å². The summed E-state index contributed by atoms with van der Waals surface area (Å²) >= 11 is 0. The fourth-order valence-corrected chi connectivity index (χ4v) is 1.48. The topological polar surface area (TPSA) is 64.3 Å². The van der Waals surface area contributed by atoms with E-state index < -0.39 is 17.6 Å². The molecule has 0 aliphatic heterocycles. The minimum atomic E-state index is -0.458. The molecule has 19 heavy (non-hydrogen) atoms. The van der Waals surface area contributed by atoms with Gasteiger partial charge in [-0.2, -0.15) is 0 Å². The number of rotatable bonds is 8. The van der Waals surface area contributed by atoms with Gasteiger partial charge in [0, 0.05) is 6.54 Å². The molecule has 0 saturated heterocycles. The Kier molecular flexibility index (Phi) is 6.29. The average molecular weight is 268 g/mol. The molecule has 0 aliphatic carbocycles. The van der Waals surface area contributed by atoms with E-state index in [0.29, 0.717) is 6.54 Å². The molecule has 0 heterocycles. The Morgan fingerprint density at radius 3 is 2.84 bits per heavy atom. The van der Waals surface area contributed by atoms with Gasteiger partial charge in [0.1, 0.15) is 0 Å². The summed E-state index contributed by atoms with van der Waals surface area (Å²) in [6.07, 6.45) is 1.04. The Morgan fingerprint density at radius 1 is 1.53 bits per heavy atom. The number of nitrogens with one attached hydrogen (secondary N) is 1. The van der Waals surface area contributed by atoms with Gasteiger partial charge in [-0.15, -0.1) is 0 Å². The molecule has 0 fully saturated rings. The maximum absolute atomic E-state index is 13.7. The first kappa shape index (κ1) is 15.4.